The van der Waals surface area contributed by atoms with Crippen molar-refractivity contribution in [1.82, 2.24) is 4.90 Å². The minimum absolute atomic E-state index is 0.00868. The topological polar surface area (TPSA) is 66.8 Å². The summed E-state index contributed by atoms with van der Waals surface area (Å²) in [4.78, 5) is 26.0. The van der Waals surface area contributed by atoms with Gasteiger partial charge in [-0.2, -0.15) is 0 Å². The van der Waals surface area contributed by atoms with Crippen LogP contribution in [-0.2, 0) is 14.3 Å². The first-order valence-electron chi connectivity index (χ1n) is 7.23. The number of fused-ring (bicyclic) bond motifs is 2. The van der Waals surface area contributed by atoms with E-state index in [1.54, 1.807) is 4.90 Å². The minimum Gasteiger partial charge on any atom is -0.481 e. The summed E-state index contributed by atoms with van der Waals surface area (Å²) in [5, 5.41) is 9.43. The van der Waals surface area contributed by atoms with Crippen LogP contribution < -0.4 is 0 Å². The van der Waals surface area contributed by atoms with Crippen LogP contribution in [0.4, 0.5) is 0 Å². The van der Waals surface area contributed by atoms with Gasteiger partial charge in [0.05, 0.1) is 24.0 Å². The van der Waals surface area contributed by atoms with Crippen LogP contribution in [-0.4, -0.2) is 47.2 Å². The van der Waals surface area contributed by atoms with Gasteiger partial charge in [0.2, 0.25) is 5.91 Å². The molecule has 1 heterocycles. The van der Waals surface area contributed by atoms with Crippen molar-refractivity contribution in [2.45, 2.75) is 25.9 Å². The highest BCUT2D eigenvalue weighted by Crippen LogP contribution is 2.49. The number of nitrogens with zero attached hydrogens (tertiary/aromatic N) is 1. The summed E-state index contributed by atoms with van der Waals surface area (Å²) in [5.74, 6) is -1.67. The number of ether oxygens (including phenoxy) is 1. The van der Waals surface area contributed by atoms with E-state index in [1.165, 1.54) is 0 Å². The van der Waals surface area contributed by atoms with E-state index in [4.69, 9.17) is 4.74 Å². The van der Waals surface area contributed by atoms with E-state index < -0.39 is 17.8 Å². The van der Waals surface area contributed by atoms with Gasteiger partial charge in [0, 0.05) is 13.1 Å². The predicted molar refractivity (Wildman–Crippen MR) is 72.0 cm³/mol. The number of amides is 1. The minimum atomic E-state index is -0.840. The molecule has 5 nitrogen and oxygen atoms in total. The van der Waals surface area contributed by atoms with Crippen LogP contribution in [0.2, 0.25) is 0 Å². The van der Waals surface area contributed by atoms with Crippen LogP contribution in [0.3, 0.4) is 0 Å². The van der Waals surface area contributed by atoms with Crippen LogP contribution in [0.1, 0.15) is 20.3 Å². The van der Waals surface area contributed by atoms with Gasteiger partial charge in [-0.3, -0.25) is 9.59 Å². The highest BCUT2D eigenvalue weighted by molar-refractivity contribution is 5.87. The average Bonchev–Trinajstić information content (AvgIpc) is 2.96. The molecule has 0 aromatic heterocycles. The molecule has 1 aliphatic heterocycles. The van der Waals surface area contributed by atoms with Crippen molar-refractivity contribution in [3.05, 3.63) is 12.2 Å². The number of rotatable bonds is 2. The van der Waals surface area contributed by atoms with Gasteiger partial charge in [-0.15, -0.1) is 0 Å². The van der Waals surface area contributed by atoms with Crippen LogP contribution in [0.25, 0.3) is 0 Å². The molecule has 110 valence electrons. The fourth-order valence-corrected chi connectivity index (χ4v) is 3.91. The van der Waals surface area contributed by atoms with Gasteiger partial charge in [0.1, 0.15) is 0 Å². The van der Waals surface area contributed by atoms with Crippen LogP contribution in [0, 0.1) is 23.7 Å². The molecule has 4 atom stereocenters. The van der Waals surface area contributed by atoms with E-state index in [2.05, 4.69) is 0 Å². The van der Waals surface area contributed by atoms with Gasteiger partial charge in [0.15, 0.2) is 0 Å². The Hall–Kier alpha value is -1.36. The van der Waals surface area contributed by atoms with Gasteiger partial charge < -0.3 is 14.7 Å². The van der Waals surface area contributed by atoms with Crippen LogP contribution >= 0.6 is 0 Å². The van der Waals surface area contributed by atoms with Gasteiger partial charge in [-0.05, 0) is 32.1 Å². The Morgan fingerprint density at radius 2 is 1.90 bits per heavy atom. The van der Waals surface area contributed by atoms with Crippen LogP contribution in [0.5, 0.6) is 0 Å². The number of hydrogen-bond donors (Lipinski definition) is 1. The molecule has 0 aromatic carbocycles. The zero-order chi connectivity index (χ0) is 14.5. The fourth-order valence-electron chi connectivity index (χ4n) is 3.91. The van der Waals surface area contributed by atoms with E-state index in [0.717, 1.165) is 6.42 Å². The zero-order valence-electron chi connectivity index (χ0n) is 11.9. The zero-order valence-corrected chi connectivity index (χ0v) is 11.9. The Balaban J connectivity index is 1.79. The SMILES string of the molecule is CC1(C)CN(C(=O)C2C3C=CC(C3)C2C(=O)O)CCO1. The third-order valence-corrected chi connectivity index (χ3v) is 4.77. The van der Waals surface area contributed by atoms with Crippen molar-refractivity contribution < 1.29 is 19.4 Å². The summed E-state index contributed by atoms with van der Waals surface area (Å²) >= 11 is 0. The standard InChI is InChI=1S/C15H21NO4/c1-15(2)8-16(5-6-20-15)13(17)11-9-3-4-10(7-9)12(11)14(18)19/h3-4,9-12H,5-8H2,1-2H3,(H,18,19). The molecule has 1 N–H and O–H groups in total. The first-order valence-corrected chi connectivity index (χ1v) is 7.23. The molecule has 20 heavy (non-hydrogen) atoms. The maximum absolute atomic E-state index is 12.8. The highest BCUT2D eigenvalue weighted by atomic mass is 16.5. The molecular weight excluding hydrogens is 258 g/mol. The molecule has 5 heteroatoms. The Kier molecular flexibility index (Phi) is 3.12. The van der Waals surface area contributed by atoms with Gasteiger partial charge in [-0.25, -0.2) is 0 Å². The number of carboxylic acids is 1. The normalized spacial score (nSPS) is 38.2. The van der Waals surface area contributed by atoms with E-state index in [1.807, 2.05) is 26.0 Å². The number of aliphatic carboxylic acids is 1. The van der Waals surface area contributed by atoms with E-state index >= 15 is 0 Å². The van der Waals surface area contributed by atoms with Crippen molar-refractivity contribution in [3.63, 3.8) is 0 Å². The molecule has 2 fully saturated rings. The number of allylic oxidation sites excluding steroid dienone is 2. The van der Waals surface area contributed by atoms with Crippen molar-refractivity contribution in [2.75, 3.05) is 19.7 Å². The monoisotopic (exact) mass is 279 g/mol. The van der Waals surface area contributed by atoms with Gasteiger partial charge in [0.25, 0.3) is 0 Å². The first-order chi connectivity index (χ1) is 9.39. The number of hydrogen-bond acceptors (Lipinski definition) is 3. The summed E-state index contributed by atoms with van der Waals surface area (Å²) in [7, 11) is 0. The lowest BCUT2D eigenvalue weighted by molar-refractivity contribution is -0.158. The molecule has 0 radical (unpaired) electrons. The Morgan fingerprint density at radius 3 is 2.50 bits per heavy atom. The summed E-state index contributed by atoms with van der Waals surface area (Å²) in [6.07, 6.45) is 4.80. The number of carbonyl (C=O) groups is 2. The Labute approximate surface area is 118 Å². The summed E-state index contributed by atoms with van der Waals surface area (Å²) < 4.78 is 5.62. The molecule has 0 spiro atoms. The molecule has 2 bridgehead atoms. The molecule has 0 aromatic rings. The molecule has 3 rings (SSSR count). The fraction of sp³-hybridized carbons (Fsp3) is 0.733. The summed E-state index contributed by atoms with van der Waals surface area (Å²) in [5.41, 5.74) is -0.347. The van der Waals surface area contributed by atoms with Gasteiger partial charge in [-0.1, -0.05) is 12.2 Å². The quantitative estimate of drug-likeness (QED) is 0.770. The lowest BCUT2D eigenvalue weighted by Gasteiger charge is -2.40. The number of carbonyl (C=O) groups excluding carboxylic acids is 1. The molecule has 3 aliphatic rings. The lowest BCUT2D eigenvalue weighted by Crippen LogP contribution is -2.53. The Morgan fingerprint density at radius 1 is 1.25 bits per heavy atom. The average molecular weight is 279 g/mol. The van der Waals surface area contributed by atoms with Gasteiger partial charge >= 0.3 is 5.97 Å². The molecule has 1 saturated heterocycles. The number of carboxylic acid groups (broad SMARTS) is 1. The maximum Gasteiger partial charge on any atom is 0.307 e. The Bertz CT molecular complexity index is 470. The second kappa shape index (κ2) is 4.58. The lowest BCUT2D eigenvalue weighted by atomic mass is 9.82. The maximum atomic E-state index is 12.8. The summed E-state index contributed by atoms with van der Waals surface area (Å²) in [6, 6.07) is 0. The summed E-state index contributed by atoms with van der Waals surface area (Å²) in [6.45, 7) is 5.54. The molecule has 4 unspecified atom stereocenters. The third kappa shape index (κ3) is 2.14. The number of morpholine rings is 1. The van der Waals surface area contributed by atoms with Crippen molar-refractivity contribution >= 4 is 11.9 Å². The van der Waals surface area contributed by atoms with Crippen molar-refractivity contribution in [2.24, 2.45) is 23.7 Å². The van der Waals surface area contributed by atoms with Crippen molar-refractivity contribution in [1.29, 1.82) is 0 Å². The molecular formula is C15H21NO4. The van der Waals surface area contributed by atoms with E-state index in [9.17, 15) is 14.7 Å². The third-order valence-electron chi connectivity index (χ3n) is 4.77. The smallest absolute Gasteiger partial charge is 0.307 e. The molecule has 2 aliphatic carbocycles. The largest absolute Gasteiger partial charge is 0.481 e. The van der Waals surface area contributed by atoms with E-state index in [0.29, 0.717) is 19.7 Å². The van der Waals surface area contributed by atoms with Crippen LogP contribution in [0.15, 0.2) is 12.2 Å². The van der Waals surface area contributed by atoms with E-state index in [-0.39, 0.29) is 23.3 Å². The van der Waals surface area contributed by atoms with Crippen molar-refractivity contribution in [3.8, 4) is 0 Å². The molecule has 1 amide bonds. The second-order valence-corrected chi connectivity index (χ2v) is 6.71. The predicted octanol–water partition coefficient (Wildman–Crippen LogP) is 1.15. The second-order valence-electron chi connectivity index (χ2n) is 6.71. The molecule has 1 saturated carbocycles. The highest BCUT2D eigenvalue weighted by Gasteiger charge is 2.53. The first kappa shape index (κ1) is 13.6.